The van der Waals surface area contributed by atoms with E-state index in [9.17, 15) is 9.59 Å². The van der Waals surface area contributed by atoms with Crippen LogP contribution in [-0.2, 0) is 0 Å². The van der Waals surface area contributed by atoms with E-state index in [2.05, 4.69) is 10.2 Å². The van der Waals surface area contributed by atoms with Crippen molar-refractivity contribution in [3.63, 3.8) is 0 Å². The Morgan fingerprint density at radius 3 is 2.70 bits per heavy atom. The Hall–Kier alpha value is -2.60. The average Bonchev–Trinajstić information content (AvgIpc) is 3.17. The van der Waals surface area contributed by atoms with Crippen molar-refractivity contribution in [2.75, 3.05) is 19.3 Å². The summed E-state index contributed by atoms with van der Waals surface area (Å²) in [5.41, 5.74) is 2.00. The first-order valence-corrected chi connectivity index (χ1v) is 10.3. The van der Waals surface area contributed by atoms with Crippen molar-refractivity contribution in [3.8, 4) is 0 Å². The lowest BCUT2D eigenvalue weighted by atomic mass is 9.90. The van der Waals surface area contributed by atoms with Gasteiger partial charge >= 0.3 is 0 Å². The number of nitrogens with one attached hydrogen (secondary N) is 1. The molecule has 1 aliphatic heterocycles. The van der Waals surface area contributed by atoms with Crippen LogP contribution < -0.4 is 0 Å². The molecular formula is C21H21N3O2S. The number of rotatable bonds is 4. The number of thioether (sulfide) groups is 1. The van der Waals surface area contributed by atoms with Gasteiger partial charge in [0.05, 0.1) is 5.52 Å². The second-order valence-electron chi connectivity index (χ2n) is 6.80. The number of Topliss-reactive ketones (excluding diaryl/α,β-unsaturated/α-hetero) is 1. The number of aromatic nitrogens is 2. The minimum Gasteiger partial charge on any atom is -0.336 e. The number of ketones is 1. The van der Waals surface area contributed by atoms with Crippen LogP contribution in [0.1, 0.15) is 33.7 Å². The number of carbonyl (C=O) groups is 2. The zero-order valence-corrected chi connectivity index (χ0v) is 16.0. The van der Waals surface area contributed by atoms with Gasteiger partial charge in [-0.2, -0.15) is 5.10 Å². The molecule has 3 aromatic rings. The van der Waals surface area contributed by atoms with Crippen LogP contribution in [0.4, 0.5) is 0 Å². The summed E-state index contributed by atoms with van der Waals surface area (Å²) in [5.74, 6) is -0.150. The molecule has 0 saturated carbocycles. The van der Waals surface area contributed by atoms with E-state index in [4.69, 9.17) is 0 Å². The highest BCUT2D eigenvalue weighted by Crippen LogP contribution is 2.25. The maximum Gasteiger partial charge on any atom is 0.275 e. The van der Waals surface area contributed by atoms with Crippen LogP contribution in [0, 0.1) is 5.92 Å². The summed E-state index contributed by atoms with van der Waals surface area (Å²) < 4.78 is 0. The highest BCUT2D eigenvalue weighted by molar-refractivity contribution is 7.98. The predicted molar refractivity (Wildman–Crippen MR) is 107 cm³/mol. The van der Waals surface area contributed by atoms with Gasteiger partial charge < -0.3 is 4.90 Å². The van der Waals surface area contributed by atoms with E-state index in [-0.39, 0.29) is 17.6 Å². The Bertz CT molecular complexity index is 981. The minimum absolute atomic E-state index is 0.109. The van der Waals surface area contributed by atoms with E-state index in [1.54, 1.807) is 16.7 Å². The second-order valence-corrected chi connectivity index (χ2v) is 7.68. The van der Waals surface area contributed by atoms with Gasteiger partial charge in [0.15, 0.2) is 11.5 Å². The molecule has 1 aromatic heterocycles. The minimum atomic E-state index is -0.159. The fraction of sp³-hybridized carbons (Fsp3) is 0.286. The first kappa shape index (κ1) is 17.8. The monoisotopic (exact) mass is 379 g/mol. The number of carbonyl (C=O) groups excluding carboxylic acids is 2. The molecular weight excluding hydrogens is 358 g/mol. The third kappa shape index (κ3) is 3.49. The fourth-order valence-electron chi connectivity index (χ4n) is 3.64. The van der Waals surface area contributed by atoms with Crippen LogP contribution in [0.25, 0.3) is 10.9 Å². The van der Waals surface area contributed by atoms with Gasteiger partial charge in [0.25, 0.3) is 5.91 Å². The summed E-state index contributed by atoms with van der Waals surface area (Å²) >= 11 is 1.65. The molecule has 1 saturated heterocycles. The van der Waals surface area contributed by atoms with Gasteiger partial charge in [0.2, 0.25) is 0 Å². The van der Waals surface area contributed by atoms with Crippen LogP contribution in [0.2, 0.25) is 0 Å². The second kappa shape index (κ2) is 7.56. The van der Waals surface area contributed by atoms with E-state index < -0.39 is 0 Å². The Morgan fingerprint density at radius 2 is 1.93 bits per heavy atom. The zero-order valence-electron chi connectivity index (χ0n) is 15.1. The molecule has 138 valence electrons. The molecule has 1 amide bonds. The number of likely N-dealkylation sites (tertiary alicyclic amines) is 1. The highest BCUT2D eigenvalue weighted by Gasteiger charge is 2.31. The number of hydrogen-bond acceptors (Lipinski definition) is 4. The molecule has 5 nitrogen and oxygen atoms in total. The molecule has 1 aliphatic rings. The van der Waals surface area contributed by atoms with Crippen LogP contribution >= 0.6 is 11.8 Å². The lowest BCUT2D eigenvalue weighted by Gasteiger charge is -2.31. The third-order valence-electron chi connectivity index (χ3n) is 5.13. The van der Waals surface area contributed by atoms with Crippen LogP contribution in [0.3, 0.4) is 0 Å². The molecule has 4 rings (SSSR count). The Balaban J connectivity index is 1.52. The van der Waals surface area contributed by atoms with E-state index in [0.717, 1.165) is 34.2 Å². The van der Waals surface area contributed by atoms with E-state index in [1.807, 2.05) is 54.8 Å². The van der Waals surface area contributed by atoms with Crippen molar-refractivity contribution in [1.82, 2.24) is 15.1 Å². The smallest absolute Gasteiger partial charge is 0.275 e. The molecule has 0 radical (unpaired) electrons. The number of piperidine rings is 1. The molecule has 6 heteroatoms. The summed E-state index contributed by atoms with van der Waals surface area (Å²) in [4.78, 5) is 28.8. The molecule has 1 fully saturated rings. The Labute approximate surface area is 162 Å². The third-order valence-corrected chi connectivity index (χ3v) is 5.87. The number of amides is 1. The van der Waals surface area contributed by atoms with Gasteiger partial charge in [-0.1, -0.05) is 30.3 Å². The molecule has 1 N–H and O–H groups in total. The summed E-state index contributed by atoms with van der Waals surface area (Å²) in [6.45, 7) is 1.11. The molecule has 27 heavy (non-hydrogen) atoms. The lowest BCUT2D eigenvalue weighted by Crippen LogP contribution is -2.42. The van der Waals surface area contributed by atoms with Gasteiger partial charge in [-0.15, -0.1) is 11.8 Å². The van der Waals surface area contributed by atoms with Crippen LogP contribution in [0.5, 0.6) is 0 Å². The van der Waals surface area contributed by atoms with E-state index in [1.165, 1.54) is 0 Å². The Kier molecular flexibility index (Phi) is 4.99. The normalized spacial score (nSPS) is 17.2. The largest absolute Gasteiger partial charge is 0.336 e. The molecule has 0 spiro atoms. The fourth-order valence-corrected chi connectivity index (χ4v) is 4.05. The van der Waals surface area contributed by atoms with Crippen molar-refractivity contribution in [2.45, 2.75) is 17.7 Å². The lowest BCUT2D eigenvalue weighted by molar-refractivity contribution is 0.0633. The van der Waals surface area contributed by atoms with Gasteiger partial charge in [0.1, 0.15) is 0 Å². The van der Waals surface area contributed by atoms with Gasteiger partial charge in [0, 0.05) is 34.9 Å². The molecule has 2 aromatic carbocycles. The molecule has 0 unspecified atom stereocenters. The highest BCUT2D eigenvalue weighted by atomic mass is 32.2. The molecule has 0 bridgehead atoms. The maximum atomic E-state index is 13.0. The topological polar surface area (TPSA) is 66.1 Å². The molecule has 2 heterocycles. The van der Waals surface area contributed by atoms with Gasteiger partial charge in [-0.25, -0.2) is 0 Å². The molecule has 0 aliphatic carbocycles. The predicted octanol–water partition coefficient (Wildman–Crippen LogP) is 4.02. The number of H-pyrrole nitrogens is 1. The van der Waals surface area contributed by atoms with Crippen molar-refractivity contribution in [1.29, 1.82) is 0 Å². The average molecular weight is 379 g/mol. The van der Waals surface area contributed by atoms with Crippen LogP contribution in [0.15, 0.2) is 53.4 Å². The van der Waals surface area contributed by atoms with Crippen molar-refractivity contribution >= 4 is 34.4 Å². The van der Waals surface area contributed by atoms with Crippen molar-refractivity contribution in [3.05, 3.63) is 59.8 Å². The summed E-state index contributed by atoms with van der Waals surface area (Å²) in [6.07, 6.45) is 3.65. The molecule has 1 atom stereocenters. The van der Waals surface area contributed by atoms with Crippen molar-refractivity contribution in [2.24, 2.45) is 5.92 Å². The Morgan fingerprint density at radius 1 is 1.15 bits per heavy atom. The summed E-state index contributed by atoms with van der Waals surface area (Å²) in [5, 5.41) is 7.95. The van der Waals surface area contributed by atoms with Crippen molar-refractivity contribution < 1.29 is 9.59 Å². The quantitative estimate of drug-likeness (QED) is 0.549. The number of hydrogen-bond donors (Lipinski definition) is 1. The van der Waals surface area contributed by atoms with Crippen LogP contribution in [-0.4, -0.2) is 46.1 Å². The first-order valence-electron chi connectivity index (χ1n) is 9.08. The number of para-hydroxylation sites is 1. The zero-order chi connectivity index (χ0) is 18.8. The number of benzene rings is 2. The van der Waals surface area contributed by atoms with Gasteiger partial charge in [-0.05, 0) is 37.3 Å². The van der Waals surface area contributed by atoms with E-state index in [0.29, 0.717) is 18.8 Å². The number of fused-ring (bicyclic) bond motifs is 1. The number of aromatic amines is 1. The van der Waals surface area contributed by atoms with Gasteiger partial charge in [-0.3, -0.25) is 14.7 Å². The SMILES string of the molecule is CSc1ccc(C(=O)[C@@H]2CCCN(C(=O)c3n[nH]c4ccccc34)C2)cc1. The standard InChI is InChI=1S/C21H21N3O2S/c1-27-16-10-8-14(9-11-16)20(25)15-5-4-12-24(13-15)21(26)19-17-6-2-3-7-18(17)22-23-19/h2-3,6-11,15H,4-5,12-13H2,1H3,(H,22,23)/t15-/m1/s1. The number of nitrogens with zero attached hydrogens (tertiary/aromatic N) is 2. The maximum absolute atomic E-state index is 13.0. The van der Waals surface area contributed by atoms with E-state index >= 15 is 0 Å². The first-order chi connectivity index (χ1) is 13.2. The summed E-state index contributed by atoms with van der Waals surface area (Å²) in [7, 11) is 0. The summed E-state index contributed by atoms with van der Waals surface area (Å²) in [6, 6.07) is 15.3.